The lowest BCUT2D eigenvalue weighted by Crippen LogP contribution is -2.34. The molecule has 110 valence electrons. The Morgan fingerprint density at radius 3 is 2.85 bits per heavy atom. The summed E-state index contributed by atoms with van der Waals surface area (Å²) in [7, 11) is 2.08. The smallest absolute Gasteiger partial charge is 0.319 e. The lowest BCUT2D eigenvalue weighted by molar-refractivity contribution is 0.248. The van der Waals surface area contributed by atoms with Gasteiger partial charge in [0.05, 0.1) is 0 Å². The number of hydrogen-bond acceptors (Lipinski definition) is 2. The molecule has 0 aliphatic carbocycles. The SMILES string of the molecule is CN1CCCC1CCNC(=O)Nc1ccc(F)c(F)c1. The van der Waals surface area contributed by atoms with Gasteiger partial charge in [0, 0.05) is 24.3 Å². The Balaban J connectivity index is 1.73. The number of amides is 2. The summed E-state index contributed by atoms with van der Waals surface area (Å²) < 4.78 is 25.7. The number of nitrogens with zero attached hydrogens (tertiary/aromatic N) is 1. The van der Waals surface area contributed by atoms with Gasteiger partial charge in [0.25, 0.3) is 0 Å². The Kier molecular flexibility index (Phi) is 4.89. The quantitative estimate of drug-likeness (QED) is 0.892. The minimum absolute atomic E-state index is 0.236. The van der Waals surface area contributed by atoms with E-state index in [9.17, 15) is 13.6 Å². The molecule has 2 amide bonds. The first-order valence-corrected chi connectivity index (χ1v) is 6.76. The summed E-state index contributed by atoms with van der Waals surface area (Å²) in [5, 5.41) is 5.20. The third-order valence-corrected chi connectivity index (χ3v) is 3.61. The van der Waals surface area contributed by atoms with Crippen molar-refractivity contribution in [3.63, 3.8) is 0 Å². The van der Waals surface area contributed by atoms with E-state index in [0.29, 0.717) is 12.6 Å². The first-order valence-electron chi connectivity index (χ1n) is 6.76. The number of hydrogen-bond donors (Lipinski definition) is 2. The topological polar surface area (TPSA) is 44.4 Å². The summed E-state index contributed by atoms with van der Waals surface area (Å²) in [5.41, 5.74) is 0.236. The zero-order valence-corrected chi connectivity index (χ0v) is 11.5. The number of carbonyl (C=O) groups is 1. The maximum absolute atomic E-state index is 13.0. The van der Waals surface area contributed by atoms with E-state index in [0.717, 1.165) is 31.5 Å². The summed E-state index contributed by atoms with van der Waals surface area (Å²) in [6.07, 6.45) is 3.24. The van der Waals surface area contributed by atoms with Crippen molar-refractivity contribution in [1.29, 1.82) is 0 Å². The molecular formula is C14H19F2N3O. The minimum atomic E-state index is -0.976. The number of halogens is 2. The average molecular weight is 283 g/mol. The molecule has 2 rings (SSSR count). The van der Waals surface area contributed by atoms with Gasteiger partial charge in [-0.15, -0.1) is 0 Å². The second-order valence-corrected chi connectivity index (χ2v) is 5.08. The summed E-state index contributed by atoms with van der Waals surface area (Å²) in [6.45, 7) is 1.66. The highest BCUT2D eigenvalue weighted by Crippen LogP contribution is 2.17. The van der Waals surface area contributed by atoms with E-state index in [-0.39, 0.29) is 5.69 Å². The highest BCUT2D eigenvalue weighted by atomic mass is 19.2. The minimum Gasteiger partial charge on any atom is -0.338 e. The third kappa shape index (κ3) is 3.90. The molecule has 1 unspecified atom stereocenters. The Morgan fingerprint density at radius 2 is 2.20 bits per heavy atom. The first-order chi connectivity index (χ1) is 9.56. The van der Waals surface area contributed by atoms with Gasteiger partial charge < -0.3 is 15.5 Å². The van der Waals surface area contributed by atoms with Crippen LogP contribution in [0.3, 0.4) is 0 Å². The van der Waals surface area contributed by atoms with Gasteiger partial charge in [-0.25, -0.2) is 13.6 Å². The molecule has 0 bridgehead atoms. The van der Waals surface area contributed by atoms with Gasteiger partial charge >= 0.3 is 6.03 Å². The van der Waals surface area contributed by atoms with Crippen LogP contribution in [-0.2, 0) is 0 Å². The van der Waals surface area contributed by atoms with Gasteiger partial charge in [0.2, 0.25) is 0 Å². The van der Waals surface area contributed by atoms with E-state index in [4.69, 9.17) is 0 Å². The molecular weight excluding hydrogens is 264 g/mol. The molecule has 0 aromatic heterocycles. The number of likely N-dealkylation sites (tertiary alicyclic amines) is 1. The van der Waals surface area contributed by atoms with Crippen LogP contribution in [0.15, 0.2) is 18.2 Å². The molecule has 1 heterocycles. The van der Waals surface area contributed by atoms with Crippen molar-refractivity contribution in [1.82, 2.24) is 10.2 Å². The predicted octanol–water partition coefficient (Wildman–Crippen LogP) is 2.57. The number of urea groups is 1. The number of anilines is 1. The van der Waals surface area contributed by atoms with E-state index < -0.39 is 17.7 Å². The van der Waals surface area contributed by atoms with Crippen molar-refractivity contribution < 1.29 is 13.6 Å². The Morgan fingerprint density at radius 1 is 1.40 bits per heavy atom. The molecule has 0 saturated carbocycles. The van der Waals surface area contributed by atoms with Crippen LogP contribution in [0.2, 0.25) is 0 Å². The molecule has 1 aromatic carbocycles. The summed E-state index contributed by atoms with van der Waals surface area (Å²) in [4.78, 5) is 13.9. The van der Waals surface area contributed by atoms with Gasteiger partial charge in [-0.2, -0.15) is 0 Å². The third-order valence-electron chi connectivity index (χ3n) is 3.61. The zero-order valence-electron chi connectivity index (χ0n) is 11.5. The van der Waals surface area contributed by atoms with E-state index in [1.54, 1.807) is 0 Å². The maximum Gasteiger partial charge on any atom is 0.319 e. The van der Waals surface area contributed by atoms with Crippen LogP contribution < -0.4 is 10.6 Å². The van der Waals surface area contributed by atoms with Crippen LogP contribution in [0.1, 0.15) is 19.3 Å². The van der Waals surface area contributed by atoms with Crippen molar-refractivity contribution in [2.45, 2.75) is 25.3 Å². The van der Waals surface area contributed by atoms with Crippen LogP contribution >= 0.6 is 0 Å². The molecule has 6 heteroatoms. The second kappa shape index (κ2) is 6.65. The fourth-order valence-corrected chi connectivity index (χ4v) is 2.45. The van der Waals surface area contributed by atoms with Gasteiger partial charge in [-0.1, -0.05) is 0 Å². The number of carbonyl (C=O) groups excluding carboxylic acids is 1. The molecule has 20 heavy (non-hydrogen) atoms. The van der Waals surface area contributed by atoms with Crippen molar-refractivity contribution in [2.24, 2.45) is 0 Å². The summed E-state index contributed by atoms with van der Waals surface area (Å²) in [5.74, 6) is -1.91. The van der Waals surface area contributed by atoms with E-state index in [1.165, 1.54) is 12.5 Å². The Hall–Kier alpha value is -1.69. The van der Waals surface area contributed by atoms with E-state index >= 15 is 0 Å². The molecule has 1 fully saturated rings. The maximum atomic E-state index is 13.0. The zero-order chi connectivity index (χ0) is 14.5. The van der Waals surface area contributed by atoms with E-state index in [2.05, 4.69) is 22.6 Å². The van der Waals surface area contributed by atoms with Crippen LogP contribution in [0.4, 0.5) is 19.3 Å². The van der Waals surface area contributed by atoms with Crippen molar-refractivity contribution in [3.8, 4) is 0 Å². The van der Waals surface area contributed by atoms with Gasteiger partial charge in [0.15, 0.2) is 11.6 Å². The highest BCUT2D eigenvalue weighted by molar-refractivity contribution is 5.89. The number of nitrogens with one attached hydrogen (secondary N) is 2. The molecule has 0 radical (unpaired) electrons. The van der Waals surface area contributed by atoms with Crippen LogP contribution in [0, 0.1) is 11.6 Å². The normalized spacial score (nSPS) is 19.1. The highest BCUT2D eigenvalue weighted by Gasteiger charge is 2.20. The predicted molar refractivity (Wildman–Crippen MR) is 73.6 cm³/mol. The first kappa shape index (κ1) is 14.7. The Labute approximate surface area is 117 Å². The standard InChI is InChI=1S/C14H19F2N3O/c1-19-8-2-3-11(19)6-7-17-14(20)18-10-4-5-12(15)13(16)9-10/h4-5,9,11H,2-3,6-8H2,1H3,(H2,17,18,20). The largest absolute Gasteiger partial charge is 0.338 e. The lowest BCUT2D eigenvalue weighted by Gasteiger charge is -2.19. The average Bonchev–Trinajstić information content (AvgIpc) is 2.80. The number of rotatable bonds is 4. The van der Waals surface area contributed by atoms with Crippen LogP contribution in [0.5, 0.6) is 0 Å². The molecule has 1 aliphatic rings. The monoisotopic (exact) mass is 283 g/mol. The molecule has 2 N–H and O–H groups in total. The number of benzene rings is 1. The molecule has 0 spiro atoms. The van der Waals surface area contributed by atoms with Gasteiger partial charge in [0.1, 0.15) is 0 Å². The molecule has 1 saturated heterocycles. The fourth-order valence-electron chi connectivity index (χ4n) is 2.45. The molecule has 1 atom stereocenters. The molecule has 1 aromatic rings. The summed E-state index contributed by atoms with van der Waals surface area (Å²) in [6, 6.07) is 3.37. The van der Waals surface area contributed by atoms with Gasteiger partial charge in [-0.3, -0.25) is 0 Å². The fraction of sp³-hybridized carbons (Fsp3) is 0.500. The van der Waals surface area contributed by atoms with Crippen LogP contribution in [-0.4, -0.2) is 37.1 Å². The lowest BCUT2D eigenvalue weighted by atomic mass is 10.1. The Bertz CT molecular complexity index is 481. The van der Waals surface area contributed by atoms with Gasteiger partial charge in [-0.05, 0) is 45.0 Å². The molecule has 1 aliphatic heterocycles. The summed E-state index contributed by atoms with van der Waals surface area (Å²) >= 11 is 0. The van der Waals surface area contributed by atoms with Crippen molar-refractivity contribution >= 4 is 11.7 Å². The van der Waals surface area contributed by atoms with E-state index in [1.807, 2.05) is 0 Å². The van der Waals surface area contributed by atoms with Crippen molar-refractivity contribution in [2.75, 3.05) is 25.5 Å². The van der Waals surface area contributed by atoms with Crippen molar-refractivity contribution in [3.05, 3.63) is 29.8 Å². The molecule has 4 nitrogen and oxygen atoms in total. The van der Waals surface area contributed by atoms with Crippen LogP contribution in [0.25, 0.3) is 0 Å². The second-order valence-electron chi connectivity index (χ2n) is 5.08.